The molecule has 6 heteroatoms. The van der Waals surface area contributed by atoms with E-state index in [2.05, 4.69) is 43.5 Å². The first-order valence-corrected chi connectivity index (χ1v) is 28.8. The first-order valence-electron chi connectivity index (χ1n) is 28.8. The Hall–Kier alpha value is -1.92. The second-order valence-electron chi connectivity index (χ2n) is 19.6. The third-order valence-electron chi connectivity index (χ3n) is 13.1. The molecule has 3 N–H and O–H groups in total. The van der Waals surface area contributed by atoms with Crippen LogP contribution in [0.3, 0.4) is 0 Å². The summed E-state index contributed by atoms with van der Waals surface area (Å²) in [4.78, 5) is 24.5. The van der Waals surface area contributed by atoms with Gasteiger partial charge in [0.05, 0.1) is 25.4 Å². The Kier molecular flexibility index (Phi) is 53.1. The van der Waals surface area contributed by atoms with E-state index in [0.717, 1.165) is 57.8 Å². The van der Waals surface area contributed by atoms with Crippen molar-refractivity contribution in [2.75, 3.05) is 13.2 Å². The normalized spacial score (nSPS) is 12.9. The summed E-state index contributed by atoms with van der Waals surface area (Å²) in [6.07, 6.45) is 67.3. The predicted molar refractivity (Wildman–Crippen MR) is 283 cm³/mol. The van der Waals surface area contributed by atoms with Crippen LogP contribution in [0.2, 0.25) is 0 Å². The topological polar surface area (TPSA) is 95.9 Å². The number of rotatable bonds is 53. The molecular formula is C59H111NO5. The first-order chi connectivity index (χ1) is 32.0. The van der Waals surface area contributed by atoms with Crippen molar-refractivity contribution in [2.45, 2.75) is 315 Å². The molecule has 0 spiro atoms. The lowest BCUT2D eigenvalue weighted by Gasteiger charge is -2.20. The Morgan fingerprint density at radius 2 is 0.723 bits per heavy atom. The molecule has 382 valence electrons. The summed E-state index contributed by atoms with van der Waals surface area (Å²) in [6.45, 7) is 4.88. The molecule has 65 heavy (non-hydrogen) atoms. The van der Waals surface area contributed by atoms with Crippen LogP contribution in [0.4, 0.5) is 0 Å². The van der Waals surface area contributed by atoms with Gasteiger partial charge in [0.2, 0.25) is 5.91 Å². The Morgan fingerprint density at radius 1 is 0.415 bits per heavy atom. The van der Waals surface area contributed by atoms with Gasteiger partial charge in [0.1, 0.15) is 0 Å². The number of aliphatic hydroxyl groups is 2. The van der Waals surface area contributed by atoms with Crippen LogP contribution in [0, 0.1) is 0 Å². The smallest absolute Gasteiger partial charge is 0.305 e. The van der Waals surface area contributed by atoms with Gasteiger partial charge in [0.25, 0.3) is 0 Å². The first kappa shape index (κ1) is 63.1. The maximum atomic E-state index is 12.4. The fourth-order valence-corrected chi connectivity index (χ4v) is 8.68. The zero-order valence-corrected chi connectivity index (χ0v) is 43.5. The number of aliphatic hydroxyl groups excluding tert-OH is 2. The summed E-state index contributed by atoms with van der Waals surface area (Å²) < 4.78 is 5.47. The van der Waals surface area contributed by atoms with E-state index in [1.54, 1.807) is 6.08 Å². The molecule has 6 nitrogen and oxygen atoms in total. The molecule has 0 aromatic heterocycles. The number of carbonyl (C=O) groups excluding carboxylic acids is 2. The standard InChI is InChI=1S/C59H111NO5/c1-3-5-7-9-11-13-15-17-19-21-25-29-33-37-41-45-49-53-59(64)65-54-50-46-42-38-34-30-26-23-20-22-24-28-32-36-40-44-48-52-58(63)60-56(55-61)57(62)51-47-43-39-35-31-27-18-16-14-12-10-8-6-4-2/h17,19-20,23,47,51,56-57,61-62H,3-16,18,21-22,24-46,48-50,52-55H2,1-2H3,(H,60,63)/b19-17-,23-20-,51-47+. The van der Waals surface area contributed by atoms with E-state index >= 15 is 0 Å². The fraction of sp³-hybridized carbons (Fsp3) is 0.864. The zero-order chi connectivity index (χ0) is 47.2. The van der Waals surface area contributed by atoms with Crippen molar-refractivity contribution in [3.05, 3.63) is 36.5 Å². The number of unbranched alkanes of at least 4 members (excludes halogenated alkanes) is 38. The van der Waals surface area contributed by atoms with E-state index in [1.165, 1.54) is 218 Å². The summed E-state index contributed by atoms with van der Waals surface area (Å²) in [6, 6.07) is -0.637. The van der Waals surface area contributed by atoms with Crippen molar-refractivity contribution < 1.29 is 24.5 Å². The minimum absolute atomic E-state index is 0.00633. The summed E-state index contributed by atoms with van der Waals surface area (Å²) in [7, 11) is 0. The molecular weight excluding hydrogens is 803 g/mol. The molecule has 0 aliphatic heterocycles. The number of allylic oxidation sites excluding steroid dienone is 5. The van der Waals surface area contributed by atoms with Gasteiger partial charge in [-0.05, 0) is 83.5 Å². The van der Waals surface area contributed by atoms with E-state index in [-0.39, 0.29) is 18.5 Å². The molecule has 2 atom stereocenters. The van der Waals surface area contributed by atoms with Crippen molar-refractivity contribution in [1.82, 2.24) is 5.32 Å². The Morgan fingerprint density at radius 3 is 1.09 bits per heavy atom. The van der Waals surface area contributed by atoms with Gasteiger partial charge in [-0.25, -0.2) is 0 Å². The van der Waals surface area contributed by atoms with Crippen LogP contribution < -0.4 is 5.32 Å². The average Bonchev–Trinajstić information content (AvgIpc) is 3.31. The van der Waals surface area contributed by atoms with Crippen molar-refractivity contribution in [3.63, 3.8) is 0 Å². The molecule has 0 saturated carbocycles. The van der Waals surface area contributed by atoms with E-state index in [0.29, 0.717) is 19.4 Å². The highest BCUT2D eigenvalue weighted by atomic mass is 16.5. The maximum Gasteiger partial charge on any atom is 0.305 e. The summed E-state index contributed by atoms with van der Waals surface area (Å²) in [5, 5.41) is 23.1. The van der Waals surface area contributed by atoms with Crippen LogP contribution in [0.25, 0.3) is 0 Å². The number of hydrogen-bond donors (Lipinski definition) is 3. The highest BCUT2D eigenvalue weighted by molar-refractivity contribution is 5.76. The molecule has 0 saturated heterocycles. The summed E-state index contributed by atoms with van der Waals surface area (Å²) in [5.41, 5.74) is 0. The van der Waals surface area contributed by atoms with Crippen molar-refractivity contribution in [1.29, 1.82) is 0 Å². The Labute approximate surface area is 404 Å². The van der Waals surface area contributed by atoms with Crippen LogP contribution >= 0.6 is 0 Å². The molecule has 0 fully saturated rings. The number of esters is 1. The van der Waals surface area contributed by atoms with Crippen LogP contribution in [0.5, 0.6) is 0 Å². The van der Waals surface area contributed by atoms with Crippen molar-refractivity contribution in [3.8, 4) is 0 Å². The third kappa shape index (κ3) is 51.3. The van der Waals surface area contributed by atoms with Gasteiger partial charge in [0, 0.05) is 12.8 Å². The summed E-state index contributed by atoms with van der Waals surface area (Å²) in [5.74, 6) is -0.0864. The average molecular weight is 915 g/mol. The molecule has 0 rings (SSSR count). The van der Waals surface area contributed by atoms with E-state index in [1.807, 2.05) is 6.08 Å². The third-order valence-corrected chi connectivity index (χ3v) is 13.1. The highest BCUT2D eigenvalue weighted by Crippen LogP contribution is 2.16. The largest absolute Gasteiger partial charge is 0.466 e. The van der Waals surface area contributed by atoms with Crippen molar-refractivity contribution in [2.24, 2.45) is 0 Å². The molecule has 0 aliphatic rings. The van der Waals surface area contributed by atoms with Gasteiger partial charge in [0.15, 0.2) is 0 Å². The molecule has 0 aromatic carbocycles. The molecule has 1 amide bonds. The van der Waals surface area contributed by atoms with Crippen LogP contribution in [0.15, 0.2) is 36.5 Å². The molecule has 0 heterocycles. The molecule has 0 bridgehead atoms. The Bertz CT molecular complexity index is 1060. The van der Waals surface area contributed by atoms with Crippen LogP contribution in [0.1, 0.15) is 303 Å². The summed E-state index contributed by atoms with van der Waals surface area (Å²) >= 11 is 0. The predicted octanol–water partition coefficient (Wildman–Crippen LogP) is 17.6. The Balaban J connectivity index is 3.47. The SMILES string of the molecule is CCCCCCCC/C=C\CCCCCCCCCC(=O)OCCCCCCCC/C=C\CCCCCCCCCC(=O)NC(CO)C(O)/C=C/CCCCCCCCCCCCCC. The molecule has 2 unspecified atom stereocenters. The van der Waals surface area contributed by atoms with Gasteiger partial charge in [-0.3, -0.25) is 9.59 Å². The van der Waals surface area contributed by atoms with Gasteiger partial charge in [-0.2, -0.15) is 0 Å². The van der Waals surface area contributed by atoms with Crippen LogP contribution in [-0.2, 0) is 14.3 Å². The van der Waals surface area contributed by atoms with E-state index < -0.39 is 12.1 Å². The number of amides is 1. The molecule has 0 aliphatic carbocycles. The number of carbonyl (C=O) groups is 2. The molecule has 0 radical (unpaired) electrons. The minimum Gasteiger partial charge on any atom is -0.466 e. The molecule has 0 aromatic rings. The second kappa shape index (κ2) is 54.7. The number of hydrogen-bond acceptors (Lipinski definition) is 5. The number of ether oxygens (including phenoxy) is 1. The quantitative estimate of drug-likeness (QED) is 0.0321. The minimum atomic E-state index is -0.852. The zero-order valence-electron chi connectivity index (χ0n) is 43.5. The van der Waals surface area contributed by atoms with Gasteiger partial charge in [-0.15, -0.1) is 0 Å². The van der Waals surface area contributed by atoms with Gasteiger partial charge in [-0.1, -0.05) is 243 Å². The van der Waals surface area contributed by atoms with Crippen LogP contribution in [-0.4, -0.2) is 47.4 Å². The maximum absolute atomic E-state index is 12.4. The lowest BCUT2D eigenvalue weighted by Crippen LogP contribution is -2.45. The van der Waals surface area contributed by atoms with Crippen molar-refractivity contribution >= 4 is 11.9 Å². The lowest BCUT2D eigenvalue weighted by molar-refractivity contribution is -0.143. The monoisotopic (exact) mass is 914 g/mol. The fourth-order valence-electron chi connectivity index (χ4n) is 8.68. The second-order valence-corrected chi connectivity index (χ2v) is 19.6. The van der Waals surface area contributed by atoms with Gasteiger partial charge < -0.3 is 20.3 Å². The highest BCUT2D eigenvalue weighted by Gasteiger charge is 2.18. The lowest BCUT2D eigenvalue weighted by atomic mass is 10.0. The van der Waals surface area contributed by atoms with Gasteiger partial charge >= 0.3 is 5.97 Å². The van der Waals surface area contributed by atoms with E-state index in [4.69, 9.17) is 4.74 Å². The van der Waals surface area contributed by atoms with E-state index in [9.17, 15) is 19.8 Å². The number of nitrogens with one attached hydrogen (secondary N) is 1.